The van der Waals surface area contributed by atoms with Gasteiger partial charge in [0, 0.05) is 6.04 Å². The fourth-order valence-electron chi connectivity index (χ4n) is 1.87. The minimum absolute atomic E-state index is 0.386. The molecule has 1 heteroatoms. The molecular formula is C15H21N. The normalized spacial score (nSPS) is 13.6. The van der Waals surface area contributed by atoms with Gasteiger partial charge >= 0.3 is 0 Å². The van der Waals surface area contributed by atoms with E-state index in [1.54, 1.807) is 0 Å². The van der Waals surface area contributed by atoms with Crippen LogP contribution in [0.3, 0.4) is 0 Å². The molecule has 0 bridgehead atoms. The van der Waals surface area contributed by atoms with Gasteiger partial charge in [-0.3, -0.25) is 0 Å². The van der Waals surface area contributed by atoms with Crippen LogP contribution in [0.25, 0.3) is 0 Å². The van der Waals surface area contributed by atoms with Gasteiger partial charge in [-0.05, 0) is 32.9 Å². The van der Waals surface area contributed by atoms with Crippen molar-refractivity contribution >= 4 is 0 Å². The van der Waals surface area contributed by atoms with Crippen LogP contribution in [-0.2, 0) is 0 Å². The molecule has 16 heavy (non-hydrogen) atoms. The third-order valence-corrected chi connectivity index (χ3v) is 2.57. The molecule has 0 unspecified atom stereocenters. The van der Waals surface area contributed by atoms with Gasteiger partial charge in [0.25, 0.3) is 0 Å². The topological polar surface area (TPSA) is 12.0 Å². The predicted molar refractivity (Wildman–Crippen MR) is 71.4 cm³/mol. The van der Waals surface area contributed by atoms with Crippen LogP contribution in [0.15, 0.2) is 54.1 Å². The van der Waals surface area contributed by atoms with Crippen molar-refractivity contribution in [3.63, 3.8) is 0 Å². The third kappa shape index (κ3) is 4.03. The molecular weight excluding hydrogens is 194 g/mol. The Morgan fingerprint density at radius 1 is 1.31 bits per heavy atom. The van der Waals surface area contributed by atoms with Crippen molar-refractivity contribution in [3.05, 3.63) is 59.7 Å². The Morgan fingerprint density at radius 3 is 2.44 bits per heavy atom. The predicted octanol–water partition coefficient (Wildman–Crippen LogP) is 3.86. The molecule has 0 radical (unpaired) electrons. The average molecular weight is 215 g/mol. The van der Waals surface area contributed by atoms with E-state index in [0.29, 0.717) is 6.04 Å². The quantitative estimate of drug-likeness (QED) is 0.735. The van der Waals surface area contributed by atoms with E-state index in [2.05, 4.69) is 49.2 Å². The molecule has 0 aromatic heterocycles. The van der Waals surface area contributed by atoms with Crippen molar-refractivity contribution in [1.82, 2.24) is 5.32 Å². The lowest BCUT2D eigenvalue weighted by molar-refractivity contribution is 0.589. The SMILES string of the molecule is C=C(C)/C=C(\C)C[C@@H](NC)c1ccccc1. The fraction of sp³-hybridized carbons (Fsp3) is 0.333. The summed E-state index contributed by atoms with van der Waals surface area (Å²) in [7, 11) is 2.01. The second-order valence-electron chi connectivity index (χ2n) is 4.29. The minimum atomic E-state index is 0.386. The van der Waals surface area contributed by atoms with Crippen LogP contribution in [0.2, 0.25) is 0 Å². The lowest BCUT2D eigenvalue weighted by Gasteiger charge is -2.17. The van der Waals surface area contributed by atoms with Gasteiger partial charge in [-0.1, -0.05) is 54.1 Å². The molecule has 86 valence electrons. The molecule has 0 saturated carbocycles. The van der Waals surface area contributed by atoms with Crippen LogP contribution in [0.4, 0.5) is 0 Å². The highest BCUT2D eigenvalue weighted by molar-refractivity contribution is 5.23. The minimum Gasteiger partial charge on any atom is -0.313 e. The van der Waals surface area contributed by atoms with Crippen LogP contribution >= 0.6 is 0 Å². The summed E-state index contributed by atoms with van der Waals surface area (Å²) in [4.78, 5) is 0. The number of nitrogens with one attached hydrogen (secondary N) is 1. The Morgan fingerprint density at radius 2 is 1.94 bits per heavy atom. The fourth-order valence-corrected chi connectivity index (χ4v) is 1.87. The summed E-state index contributed by atoms with van der Waals surface area (Å²) in [5.74, 6) is 0. The van der Waals surface area contributed by atoms with Crippen LogP contribution in [0, 0.1) is 0 Å². The standard InChI is InChI=1S/C15H21N/c1-12(2)10-13(3)11-15(16-4)14-8-6-5-7-9-14/h5-10,15-16H,1,11H2,2-4H3/b13-10+/t15-/m1/s1. The van der Waals surface area contributed by atoms with Gasteiger partial charge in [0.15, 0.2) is 0 Å². The van der Waals surface area contributed by atoms with E-state index in [1.807, 2.05) is 20.0 Å². The number of benzene rings is 1. The zero-order valence-corrected chi connectivity index (χ0v) is 10.5. The second kappa shape index (κ2) is 6.29. The Bertz CT molecular complexity index is 362. The molecule has 0 saturated heterocycles. The van der Waals surface area contributed by atoms with E-state index in [1.165, 1.54) is 11.1 Å². The first-order chi connectivity index (χ1) is 7.63. The molecule has 0 fully saturated rings. The first-order valence-corrected chi connectivity index (χ1v) is 5.68. The third-order valence-electron chi connectivity index (χ3n) is 2.57. The summed E-state index contributed by atoms with van der Waals surface area (Å²) < 4.78 is 0. The van der Waals surface area contributed by atoms with E-state index in [-0.39, 0.29) is 0 Å². The van der Waals surface area contributed by atoms with E-state index in [0.717, 1.165) is 12.0 Å². The van der Waals surface area contributed by atoms with E-state index in [9.17, 15) is 0 Å². The number of allylic oxidation sites excluding steroid dienone is 2. The zero-order chi connectivity index (χ0) is 12.0. The molecule has 0 spiro atoms. The summed E-state index contributed by atoms with van der Waals surface area (Å²) in [6, 6.07) is 10.9. The van der Waals surface area contributed by atoms with Gasteiger partial charge in [-0.2, -0.15) is 0 Å². The van der Waals surface area contributed by atoms with Gasteiger partial charge in [0.05, 0.1) is 0 Å². The summed E-state index contributed by atoms with van der Waals surface area (Å²) in [5.41, 5.74) is 3.80. The Kier molecular flexibility index (Phi) is 5.00. The highest BCUT2D eigenvalue weighted by Gasteiger charge is 2.08. The van der Waals surface area contributed by atoms with Crippen molar-refractivity contribution in [2.45, 2.75) is 26.3 Å². The Hall–Kier alpha value is -1.34. The van der Waals surface area contributed by atoms with E-state index < -0.39 is 0 Å². The molecule has 1 aromatic rings. The van der Waals surface area contributed by atoms with Crippen molar-refractivity contribution in [3.8, 4) is 0 Å². The van der Waals surface area contributed by atoms with Gasteiger partial charge in [0.2, 0.25) is 0 Å². The monoisotopic (exact) mass is 215 g/mol. The van der Waals surface area contributed by atoms with Crippen molar-refractivity contribution < 1.29 is 0 Å². The first kappa shape index (κ1) is 12.7. The summed E-state index contributed by atoms with van der Waals surface area (Å²) in [6.45, 7) is 8.09. The van der Waals surface area contributed by atoms with Gasteiger partial charge < -0.3 is 5.32 Å². The Labute approximate surface area is 98.9 Å². The van der Waals surface area contributed by atoms with Crippen molar-refractivity contribution in [2.24, 2.45) is 0 Å². The van der Waals surface area contributed by atoms with Crippen molar-refractivity contribution in [2.75, 3.05) is 7.05 Å². The summed E-state index contributed by atoms with van der Waals surface area (Å²) in [6.07, 6.45) is 3.17. The molecule has 1 nitrogen and oxygen atoms in total. The molecule has 0 aliphatic heterocycles. The summed E-state index contributed by atoms with van der Waals surface area (Å²) in [5, 5.41) is 3.35. The lowest BCUT2D eigenvalue weighted by atomic mass is 9.99. The second-order valence-corrected chi connectivity index (χ2v) is 4.29. The maximum Gasteiger partial charge on any atom is 0.0355 e. The maximum absolute atomic E-state index is 3.90. The lowest BCUT2D eigenvalue weighted by Crippen LogP contribution is -2.16. The molecule has 0 aliphatic rings. The molecule has 1 N–H and O–H groups in total. The molecule has 1 rings (SSSR count). The molecule has 1 aromatic carbocycles. The van der Waals surface area contributed by atoms with Crippen LogP contribution in [0.1, 0.15) is 31.9 Å². The van der Waals surface area contributed by atoms with Gasteiger partial charge in [-0.15, -0.1) is 0 Å². The van der Waals surface area contributed by atoms with Crippen LogP contribution < -0.4 is 5.32 Å². The number of hydrogen-bond donors (Lipinski definition) is 1. The van der Waals surface area contributed by atoms with Gasteiger partial charge in [0.1, 0.15) is 0 Å². The molecule has 0 amide bonds. The summed E-state index contributed by atoms with van der Waals surface area (Å²) >= 11 is 0. The highest BCUT2D eigenvalue weighted by Crippen LogP contribution is 2.20. The van der Waals surface area contributed by atoms with E-state index >= 15 is 0 Å². The first-order valence-electron chi connectivity index (χ1n) is 5.68. The number of rotatable bonds is 5. The van der Waals surface area contributed by atoms with E-state index in [4.69, 9.17) is 0 Å². The molecule has 1 atom stereocenters. The Balaban J connectivity index is 2.74. The molecule has 0 heterocycles. The van der Waals surface area contributed by atoms with Gasteiger partial charge in [-0.25, -0.2) is 0 Å². The smallest absolute Gasteiger partial charge is 0.0355 e. The largest absolute Gasteiger partial charge is 0.313 e. The highest BCUT2D eigenvalue weighted by atomic mass is 14.9. The van der Waals surface area contributed by atoms with Crippen LogP contribution in [0.5, 0.6) is 0 Å². The molecule has 0 aliphatic carbocycles. The van der Waals surface area contributed by atoms with Crippen molar-refractivity contribution in [1.29, 1.82) is 0 Å². The number of hydrogen-bond acceptors (Lipinski definition) is 1. The maximum atomic E-state index is 3.90. The average Bonchev–Trinajstić information content (AvgIpc) is 2.26. The van der Waals surface area contributed by atoms with Crippen LogP contribution in [-0.4, -0.2) is 7.05 Å². The zero-order valence-electron chi connectivity index (χ0n) is 10.5.